The molecule has 1 aromatic rings. The van der Waals surface area contributed by atoms with E-state index < -0.39 is 0 Å². The molecule has 0 saturated heterocycles. The van der Waals surface area contributed by atoms with Crippen LogP contribution in [0.15, 0.2) is 34.1 Å². The molecule has 50 valence electrons. The first-order valence-corrected chi connectivity index (χ1v) is 3.17. The summed E-state index contributed by atoms with van der Waals surface area (Å²) >= 11 is 8.24. The fourth-order valence-corrected chi connectivity index (χ4v) is 0.785. The minimum absolute atomic E-state index is 0. The van der Waals surface area contributed by atoms with Crippen LogP contribution in [0.2, 0.25) is 0 Å². The summed E-state index contributed by atoms with van der Waals surface area (Å²) in [7, 11) is 0. The molecule has 0 aromatic heterocycles. The first-order valence-electron chi connectivity index (χ1n) is 2.27. The molecular weight excluding hydrogens is 192 g/mol. The van der Waals surface area contributed by atoms with Crippen LogP contribution < -0.4 is 0 Å². The van der Waals surface area contributed by atoms with E-state index in [2.05, 4.69) is 25.3 Å². The van der Waals surface area contributed by atoms with Crippen LogP contribution in [0.4, 0.5) is 0 Å². The first kappa shape index (κ1) is 9.44. The Morgan fingerprint density at radius 1 is 0.889 bits per heavy atom. The third-order valence-electron chi connectivity index (χ3n) is 0.882. The van der Waals surface area contributed by atoms with Crippen molar-refractivity contribution in [2.45, 2.75) is 9.79 Å². The monoisotopic (exact) mass is 198 g/mol. The average Bonchev–Trinajstić information content (AvgIpc) is 1.77. The molecular formula is C6H6FeS2. The maximum absolute atomic E-state index is 4.12. The van der Waals surface area contributed by atoms with Gasteiger partial charge in [0.05, 0.1) is 0 Å². The van der Waals surface area contributed by atoms with Crippen LogP contribution in [0.25, 0.3) is 0 Å². The van der Waals surface area contributed by atoms with Gasteiger partial charge in [0.15, 0.2) is 0 Å². The number of hydrogen-bond acceptors (Lipinski definition) is 2. The predicted octanol–water partition coefficient (Wildman–Crippen LogP) is 2.26. The smallest absolute Gasteiger partial charge is 0.0174 e. The second-order valence-corrected chi connectivity index (χ2v) is 2.45. The Bertz CT molecular complexity index is 167. The van der Waals surface area contributed by atoms with E-state index in [0.717, 1.165) is 9.79 Å². The number of hydrogen-bond donors (Lipinski definition) is 2. The molecule has 0 N–H and O–H groups in total. The van der Waals surface area contributed by atoms with Gasteiger partial charge in [0, 0.05) is 26.9 Å². The Morgan fingerprint density at radius 3 is 1.44 bits per heavy atom. The van der Waals surface area contributed by atoms with Crippen molar-refractivity contribution in [2.24, 2.45) is 0 Å². The molecule has 3 heteroatoms. The Hall–Kier alpha value is 0.439. The van der Waals surface area contributed by atoms with E-state index in [1.807, 2.05) is 24.3 Å². The third kappa shape index (κ3) is 2.67. The van der Waals surface area contributed by atoms with Crippen LogP contribution in [0, 0.1) is 0 Å². The van der Waals surface area contributed by atoms with E-state index in [-0.39, 0.29) is 17.1 Å². The zero-order valence-electron chi connectivity index (χ0n) is 4.56. The van der Waals surface area contributed by atoms with Crippen LogP contribution in [-0.2, 0) is 17.1 Å². The normalized spacial score (nSPS) is 8.22. The van der Waals surface area contributed by atoms with Gasteiger partial charge in [-0.15, -0.1) is 25.3 Å². The summed E-state index contributed by atoms with van der Waals surface area (Å²) in [6.07, 6.45) is 0. The van der Waals surface area contributed by atoms with E-state index in [9.17, 15) is 0 Å². The molecule has 0 unspecified atom stereocenters. The van der Waals surface area contributed by atoms with Gasteiger partial charge < -0.3 is 0 Å². The maximum Gasteiger partial charge on any atom is 0.0174 e. The Balaban J connectivity index is 0.000000640. The summed E-state index contributed by atoms with van der Waals surface area (Å²) in [4.78, 5) is 1.85. The fourth-order valence-electron chi connectivity index (χ4n) is 0.464. The van der Waals surface area contributed by atoms with Gasteiger partial charge in [-0.3, -0.25) is 0 Å². The van der Waals surface area contributed by atoms with E-state index in [1.54, 1.807) is 0 Å². The van der Waals surface area contributed by atoms with Gasteiger partial charge in [0.25, 0.3) is 0 Å². The van der Waals surface area contributed by atoms with Gasteiger partial charge in [-0.05, 0) is 12.1 Å². The Labute approximate surface area is 76.3 Å². The van der Waals surface area contributed by atoms with E-state index >= 15 is 0 Å². The van der Waals surface area contributed by atoms with Gasteiger partial charge in [-0.2, -0.15) is 0 Å². The van der Waals surface area contributed by atoms with Gasteiger partial charge in [-0.1, -0.05) is 12.1 Å². The molecule has 0 radical (unpaired) electrons. The molecule has 0 atom stereocenters. The van der Waals surface area contributed by atoms with Crippen LogP contribution >= 0.6 is 25.3 Å². The molecule has 0 spiro atoms. The molecule has 0 aliphatic heterocycles. The van der Waals surface area contributed by atoms with Crippen molar-refractivity contribution in [3.05, 3.63) is 24.3 Å². The molecule has 1 aromatic carbocycles. The summed E-state index contributed by atoms with van der Waals surface area (Å²) in [5, 5.41) is 0. The van der Waals surface area contributed by atoms with E-state index in [0.29, 0.717) is 0 Å². The van der Waals surface area contributed by atoms with Crippen LogP contribution in [0.3, 0.4) is 0 Å². The maximum atomic E-state index is 4.12. The largest absolute Gasteiger partial charge is 0.142 e. The molecule has 0 saturated carbocycles. The van der Waals surface area contributed by atoms with Crippen LogP contribution in [0.1, 0.15) is 0 Å². The van der Waals surface area contributed by atoms with Crippen LogP contribution in [-0.4, -0.2) is 0 Å². The molecule has 9 heavy (non-hydrogen) atoms. The van der Waals surface area contributed by atoms with Crippen molar-refractivity contribution in [1.29, 1.82) is 0 Å². The van der Waals surface area contributed by atoms with Gasteiger partial charge in [0.1, 0.15) is 0 Å². The molecule has 0 fully saturated rings. The van der Waals surface area contributed by atoms with Crippen LogP contribution in [0.5, 0.6) is 0 Å². The van der Waals surface area contributed by atoms with Crippen molar-refractivity contribution in [2.75, 3.05) is 0 Å². The third-order valence-corrected chi connectivity index (χ3v) is 1.84. The quantitative estimate of drug-likeness (QED) is 0.463. The summed E-state index contributed by atoms with van der Waals surface area (Å²) in [6.45, 7) is 0. The minimum atomic E-state index is 0. The first-order chi connectivity index (χ1) is 3.80. The minimum Gasteiger partial charge on any atom is -0.142 e. The second kappa shape index (κ2) is 4.29. The Morgan fingerprint density at radius 2 is 1.22 bits per heavy atom. The molecule has 1 rings (SSSR count). The van der Waals surface area contributed by atoms with Gasteiger partial charge in [0.2, 0.25) is 0 Å². The molecule has 0 bridgehead atoms. The van der Waals surface area contributed by atoms with Crippen molar-refractivity contribution >= 4 is 25.3 Å². The standard InChI is InChI=1S/C6H6S2.Fe/c7-5-3-1-2-4-6(5)8;/h1-4,7-8H;. The van der Waals surface area contributed by atoms with Crippen molar-refractivity contribution in [3.8, 4) is 0 Å². The Kier molecular flexibility index (Phi) is 4.50. The predicted molar refractivity (Wildman–Crippen MR) is 40.9 cm³/mol. The molecule has 0 aliphatic rings. The summed E-state index contributed by atoms with van der Waals surface area (Å²) in [5.41, 5.74) is 0. The number of benzene rings is 1. The number of rotatable bonds is 0. The second-order valence-electron chi connectivity index (χ2n) is 1.49. The average molecular weight is 198 g/mol. The van der Waals surface area contributed by atoms with Crippen molar-refractivity contribution in [3.63, 3.8) is 0 Å². The molecule has 0 nitrogen and oxygen atoms in total. The van der Waals surface area contributed by atoms with E-state index in [4.69, 9.17) is 0 Å². The van der Waals surface area contributed by atoms with Crippen molar-refractivity contribution in [1.82, 2.24) is 0 Å². The number of thiol groups is 2. The molecule has 0 aliphatic carbocycles. The zero-order valence-corrected chi connectivity index (χ0v) is 7.45. The van der Waals surface area contributed by atoms with Crippen molar-refractivity contribution < 1.29 is 17.1 Å². The topological polar surface area (TPSA) is 0 Å². The fraction of sp³-hybridized carbons (Fsp3) is 0. The molecule has 0 amide bonds. The zero-order chi connectivity index (χ0) is 5.98. The molecule has 0 heterocycles. The van der Waals surface area contributed by atoms with Gasteiger partial charge >= 0.3 is 0 Å². The summed E-state index contributed by atoms with van der Waals surface area (Å²) < 4.78 is 0. The summed E-state index contributed by atoms with van der Waals surface area (Å²) in [5.74, 6) is 0. The summed E-state index contributed by atoms with van der Waals surface area (Å²) in [6, 6.07) is 7.68. The van der Waals surface area contributed by atoms with E-state index in [1.165, 1.54) is 0 Å². The SMILES string of the molecule is Sc1ccccc1S.[Fe]. The van der Waals surface area contributed by atoms with Gasteiger partial charge in [-0.25, -0.2) is 0 Å².